The fraction of sp³-hybridized carbons (Fsp3) is 0.400. The number of aliphatic carboxylic acids is 1. The molecule has 1 heterocycles. The van der Waals surface area contributed by atoms with Gasteiger partial charge in [-0.15, -0.1) is 0 Å². The van der Waals surface area contributed by atoms with Crippen LogP contribution in [0.1, 0.15) is 41.5 Å². The van der Waals surface area contributed by atoms with Crippen molar-refractivity contribution in [3.63, 3.8) is 0 Å². The number of carboxylic acids is 1. The summed E-state index contributed by atoms with van der Waals surface area (Å²) < 4.78 is 43.9. The van der Waals surface area contributed by atoms with E-state index in [9.17, 15) is 18.0 Å². The second-order valence-electron chi connectivity index (χ2n) is 7.92. The number of halogens is 3. The number of rotatable bonds is 9. The van der Waals surface area contributed by atoms with Crippen LogP contribution in [-0.2, 0) is 23.8 Å². The van der Waals surface area contributed by atoms with E-state index in [1.165, 1.54) is 23.3 Å². The highest BCUT2D eigenvalue weighted by Gasteiger charge is 2.29. The van der Waals surface area contributed by atoms with Crippen LogP contribution in [-0.4, -0.2) is 42.2 Å². The Balaban J connectivity index is 1.52. The summed E-state index contributed by atoms with van der Waals surface area (Å²) in [7, 11) is 0. The summed E-state index contributed by atoms with van der Waals surface area (Å²) in [5.74, 6) is 0.0923. The number of unbranched alkanes of at least 4 members (excludes halogenated alkanes) is 1. The standard InChI is InChI=1S/C25H28F3NO3/c26-25(27,28)21-11-9-19(10-12-21)5-4-18-32-23-7-3-6-20-13-16-29(17-14-22(20)23)15-2-1-8-24(30)31/h3-7,9-12H,1-2,8,13-18H2,(H,30,31)/b5-4+. The predicted molar refractivity (Wildman–Crippen MR) is 118 cm³/mol. The molecule has 0 saturated heterocycles. The minimum absolute atomic E-state index is 0.214. The maximum atomic E-state index is 12.6. The molecular weight excluding hydrogens is 419 g/mol. The first-order chi connectivity index (χ1) is 15.3. The van der Waals surface area contributed by atoms with E-state index < -0.39 is 17.7 Å². The van der Waals surface area contributed by atoms with Crippen molar-refractivity contribution in [1.29, 1.82) is 0 Å². The molecular formula is C25H28F3NO3. The summed E-state index contributed by atoms with van der Waals surface area (Å²) in [6, 6.07) is 11.1. The third-order valence-corrected chi connectivity index (χ3v) is 5.60. The molecule has 1 aliphatic rings. The van der Waals surface area contributed by atoms with Crippen LogP contribution in [0, 0.1) is 0 Å². The van der Waals surface area contributed by atoms with E-state index in [0.29, 0.717) is 18.6 Å². The topological polar surface area (TPSA) is 49.8 Å². The molecule has 2 aromatic rings. The molecule has 0 aliphatic carbocycles. The molecule has 0 fully saturated rings. The van der Waals surface area contributed by atoms with Crippen molar-refractivity contribution in [3.05, 3.63) is 70.8 Å². The van der Waals surface area contributed by atoms with Gasteiger partial charge in [0.25, 0.3) is 0 Å². The molecule has 4 nitrogen and oxygen atoms in total. The van der Waals surface area contributed by atoms with Crippen LogP contribution in [0.4, 0.5) is 13.2 Å². The molecule has 3 rings (SSSR count). The summed E-state index contributed by atoms with van der Waals surface area (Å²) in [5, 5.41) is 8.76. The highest BCUT2D eigenvalue weighted by Crippen LogP contribution is 2.29. The van der Waals surface area contributed by atoms with Gasteiger partial charge in [0.05, 0.1) is 5.56 Å². The average Bonchev–Trinajstić information content (AvgIpc) is 2.97. The highest BCUT2D eigenvalue weighted by molar-refractivity contribution is 5.66. The number of ether oxygens (including phenoxy) is 1. The quantitative estimate of drug-likeness (QED) is 0.519. The maximum absolute atomic E-state index is 12.6. The predicted octanol–water partition coefficient (Wildman–Crippen LogP) is 5.45. The van der Waals surface area contributed by atoms with Crippen LogP contribution in [0.2, 0.25) is 0 Å². The van der Waals surface area contributed by atoms with Gasteiger partial charge < -0.3 is 14.7 Å². The Bertz CT molecular complexity index is 923. The zero-order chi connectivity index (χ0) is 23.0. The molecule has 0 radical (unpaired) electrons. The van der Waals surface area contributed by atoms with Crippen molar-refractivity contribution >= 4 is 12.0 Å². The van der Waals surface area contributed by atoms with Crippen molar-refractivity contribution in [1.82, 2.24) is 4.90 Å². The SMILES string of the molecule is O=C(O)CCCCN1CCc2cccc(OC/C=C/c3ccc(C(F)(F)F)cc3)c2CC1. The third-order valence-electron chi connectivity index (χ3n) is 5.60. The van der Waals surface area contributed by atoms with Gasteiger partial charge in [-0.05, 0) is 73.2 Å². The van der Waals surface area contributed by atoms with Crippen molar-refractivity contribution in [2.24, 2.45) is 0 Å². The maximum Gasteiger partial charge on any atom is 0.416 e. The summed E-state index contributed by atoms with van der Waals surface area (Å²) >= 11 is 0. The molecule has 0 bridgehead atoms. The molecule has 1 N–H and O–H groups in total. The van der Waals surface area contributed by atoms with Crippen molar-refractivity contribution in [2.45, 2.75) is 38.3 Å². The van der Waals surface area contributed by atoms with Crippen molar-refractivity contribution < 1.29 is 27.8 Å². The van der Waals surface area contributed by atoms with Gasteiger partial charge >= 0.3 is 12.1 Å². The smallest absolute Gasteiger partial charge is 0.416 e. The van der Waals surface area contributed by atoms with Crippen LogP contribution in [0.25, 0.3) is 6.08 Å². The van der Waals surface area contributed by atoms with Crippen molar-refractivity contribution in [3.8, 4) is 5.75 Å². The summed E-state index contributed by atoms with van der Waals surface area (Å²) in [5.41, 5.74) is 2.49. The molecule has 2 aromatic carbocycles. The molecule has 0 atom stereocenters. The largest absolute Gasteiger partial charge is 0.489 e. The number of alkyl halides is 3. The molecule has 172 valence electrons. The van der Waals surface area contributed by atoms with Gasteiger partial charge in [0.15, 0.2) is 0 Å². The van der Waals surface area contributed by atoms with E-state index in [4.69, 9.17) is 9.84 Å². The lowest BCUT2D eigenvalue weighted by atomic mass is 10.0. The normalized spacial score (nSPS) is 14.8. The Morgan fingerprint density at radius 3 is 2.53 bits per heavy atom. The van der Waals surface area contributed by atoms with Gasteiger partial charge in [0.2, 0.25) is 0 Å². The lowest BCUT2D eigenvalue weighted by Crippen LogP contribution is -2.27. The summed E-state index contributed by atoms with van der Waals surface area (Å²) in [6.07, 6.45) is 2.80. The first-order valence-corrected chi connectivity index (χ1v) is 10.8. The first-order valence-electron chi connectivity index (χ1n) is 10.8. The van der Waals surface area contributed by atoms with Gasteiger partial charge in [-0.2, -0.15) is 13.2 Å². The average molecular weight is 447 g/mol. The molecule has 7 heteroatoms. The number of benzene rings is 2. The molecule has 0 saturated carbocycles. The number of hydrogen-bond donors (Lipinski definition) is 1. The number of hydrogen-bond acceptors (Lipinski definition) is 3. The lowest BCUT2D eigenvalue weighted by molar-refractivity contribution is -0.138. The molecule has 1 aliphatic heterocycles. The fourth-order valence-electron chi connectivity index (χ4n) is 3.87. The monoisotopic (exact) mass is 447 g/mol. The van der Waals surface area contributed by atoms with E-state index in [0.717, 1.165) is 56.8 Å². The Morgan fingerprint density at radius 2 is 1.81 bits per heavy atom. The van der Waals surface area contributed by atoms with Crippen LogP contribution in [0.3, 0.4) is 0 Å². The number of carboxylic acid groups (broad SMARTS) is 1. The summed E-state index contributed by atoms with van der Waals surface area (Å²) in [4.78, 5) is 13.0. The molecule has 0 amide bonds. The fourth-order valence-corrected chi connectivity index (χ4v) is 3.87. The third kappa shape index (κ3) is 7.12. The second kappa shape index (κ2) is 11.2. The molecule has 32 heavy (non-hydrogen) atoms. The molecule has 0 spiro atoms. The Kier molecular flexibility index (Phi) is 8.33. The van der Waals surface area contributed by atoms with E-state index >= 15 is 0 Å². The van der Waals surface area contributed by atoms with Gasteiger partial charge in [0, 0.05) is 19.5 Å². The van der Waals surface area contributed by atoms with Gasteiger partial charge in [-0.3, -0.25) is 4.79 Å². The Hall–Kier alpha value is -2.80. The van der Waals surface area contributed by atoms with E-state index in [-0.39, 0.29) is 6.42 Å². The van der Waals surface area contributed by atoms with Crippen LogP contribution < -0.4 is 4.74 Å². The first kappa shape index (κ1) is 23.9. The Morgan fingerprint density at radius 1 is 1.06 bits per heavy atom. The second-order valence-corrected chi connectivity index (χ2v) is 7.92. The van der Waals surface area contributed by atoms with E-state index in [1.807, 2.05) is 12.1 Å². The number of nitrogens with zero attached hydrogens (tertiary/aromatic N) is 1. The Labute approximate surface area is 186 Å². The zero-order valence-electron chi connectivity index (χ0n) is 17.9. The minimum Gasteiger partial charge on any atom is -0.489 e. The van der Waals surface area contributed by atoms with Crippen molar-refractivity contribution in [2.75, 3.05) is 26.2 Å². The minimum atomic E-state index is -4.33. The van der Waals surface area contributed by atoms with Crippen LogP contribution in [0.5, 0.6) is 5.75 Å². The molecule has 0 unspecified atom stereocenters. The summed E-state index contributed by atoms with van der Waals surface area (Å²) in [6.45, 7) is 3.07. The number of carbonyl (C=O) groups is 1. The van der Waals surface area contributed by atoms with E-state index in [1.54, 1.807) is 12.2 Å². The van der Waals surface area contributed by atoms with Gasteiger partial charge in [0.1, 0.15) is 12.4 Å². The van der Waals surface area contributed by atoms with Gasteiger partial charge in [-0.25, -0.2) is 0 Å². The van der Waals surface area contributed by atoms with Gasteiger partial charge in [-0.1, -0.05) is 30.3 Å². The number of fused-ring (bicyclic) bond motifs is 1. The highest BCUT2D eigenvalue weighted by atomic mass is 19.4. The van der Waals surface area contributed by atoms with Crippen LogP contribution in [0.15, 0.2) is 48.5 Å². The lowest BCUT2D eigenvalue weighted by Gasteiger charge is -2.19. The zero-order valence-corrected chi connectivity index (χ0v) is 17.9. The van der Waals surface area contributed by atoms with E-state index in [2.05, 4.69) is 11.0 Å². The van der Waals surface area contributed by atoms with Crippen LogP contribution >= 0.6 is 0 Å². The molecule has 0 aromatic heterocycles.